The van der Waals surface area contributed by atoms with Crippen LogP contribution in [0.25, 0.3) is 17.1 Å². The zero-order valence-electron chi connectivity index (χ0n) is 14.3. The van der Waals surface area contributed by atoms with E-state index in [-0.39, 0.29) is 5.91 Å². The van der Waals surface area contributed by atoms with E-state index < -0.39 is 5.37 Å². The van der Waals surface area contributed by atoms with E-state index in [2.05, 4.69) is 26.3 Å². The van der Waals surface area contributed by atoms with Crippen molar-refractivity contribution in [1.29, 1.82) is 0 Å². The standard InChI is InChI=1S/C19H17ClN4OS/c1-11-21-15-8-7-12(9-16(15)24(11)2)10-17-23-18(25)19(26-17)22-14-6-4-3-5-13(14)20/h3-10,19,22H,1-2H3,(H,23,25)/t19-/m1/s1. The van der Waals surface area contributed by atoms with E-state index in [1.807, 2.05) is 50.4 Å². The number of carbonyl (C=O) groups is 1. The zero-order chi connectivity index (χ0) is 18.3. The van der Waals surface area contributed by atoms with Crippen molar-refractivity contribution in [3.05, 3.63) is 63.9 Å². The Morgan fingerprint density at radius 1 is 1.31 bits per heavy atom. The van der Waals surface area contributed by atoms with Crippen molar-refractivity contribution in [3.63, 3.8) is 0 Å². The van der Waals surface area contributed by atoms with Crippen molar-refractivity contribution in [3.8, 4) is 0 Å². The average molecular weight is 385 g/mol. The molecule has 7 heteroatoms. The maximum absolute atomic E-state index is 12.3. The van der Waals surface area contributed by atoms with Gasteiger partial charge in [0.05, 0.1) is 26.8 Å². The molecule has 0 saturated carbocycles. The van der Waals surface area contributed by atoms with E-state index in [0.717, 1.165) is 33.1 Å². The van der Waals surface area contributed by atoms with Crippen LogP contribution >= 0.6 is 23.4 Å². The fourth-order valence-corrected chi connectivity index (χ4v) is 4.01. The Morgan fingerprint density at radius 3 is 2.92 bits per heavy atom. The second kappa shape index (κ2) is 6.70. The summed E-state index contributed by atoms with van der Waals surface area (Å²) in [7, 11) is 2.00. The molecule has 5 nitrogen and oxygen atoms in total. The number of anilines is 1. The van der Waals surface area contributed by atoms with E-state index in [1.165, 1.54) is 11.8 Å². The van der Waals surface area contributed by atoms with Gasteiger partial charge in [-0.25, -0.2) is 4.98 Å². The topological polar surface area (TPSA) is 59.0 Å². The van der Waals surface area contributed by atoms with Crippen LogP contribution in [-0.4, -0.2) is 20.8 Å². The van der Waals surface area contributed by atoms with Gasteiger partial charge in [0.2, 0.25) is 0 Å². The minimum absolute atomic E-state index is 0.0846. The molecular weight excluding hydrogens is 368 g/mol. The molecule has 4 rings (SSSR count). The number of carbonyl (C=O) groups excluding carboxylic acids is 1. The van der Waals surface area contributed by atoms with Gasteiger partial charge in [0.15, 0.2) is 5.37 Å². The summed E-state index contributed by atoms with van der Waals surface area (Å²) in [4.78, 5) is 16.8. The largest absolute Gasteiger partial charge is 0.364 e. The fraction of sp³-hybridized carbons (Fsp3) is 0.158. The first-order valence-corrected chi connectivity index (χ1v) is 9.40. The average Bonchev–Trinajstić information content (AvgIpc) is 3.10. The molecule has 26 heavy (non-hydrogen) atoms. The number of benzene rings is 2. The second-order valence-electron chi connectivity index (χ2n) is 6.09. The van der Waals surface area contributed by atoms with E-state index in [0.29, 0.717) is 5.02 Å². The Bertz CT molecular complexity index is 1040. The Labute approximate surface area is 160 Å². The highest BCUT2D eigenvalue weighted by Gasteiger charge is 2.29. The van der Waals surface area contributed by atoms with Gasteiger partial charge in [0.1, 0.15) is 5.82 Å². The van der Waals surface area contributed by atoms with Gasteiger partial charge in [-0.15, -0.1) is 0 Å². The molecule has 1 saturated heterocycles. The summed E-state index contributed by atoms with van der Waals surface area (Å²) in [6, 6.07) is 13.5. The predicted molar refractivity (Wildman–Crippen MR) is 108 cm³/mol. The van der Waals surface area contributed by atoms with Crippen LogP contribution in [0.1, 0.15) is 11.4 Å². The third-order valence-electron chi connectivity index (χ3n) is 4.32. The number of hydrogen-bond donors (Lipinski definition) is 2. The van der Waals surface area contributed by atoms with Crippen LogP contribution in [0, 0.1) is 6.92 Å². The predicted octanol–water partition coefficient (Wildman–Crippen LogP) is 4.13. The molecule has 1 atom stereocenters. The number of halogens is 1. The number of imidazole rings is 1. The van der Waals surface area contributed by atoms with E-state index in [9.17, 15) is 4.79 Å². The van der Waals surface area contributed by atoms with Crippen molar-refractivity contribution in [2.45, 2.75) is 12.3 Å². The monoisotopic (exact) mass is 384 g/mol. The lowest BCUT2D eigenvalue weighted by atomic mass is 10.2. The summed E-state index contributed by atoms with van der Waals surface area (Å²) in [5.41, 5.74) is 3.79. The first kappa shape index (κ1) is 17.0. The molecule has 3 aromatic rings. The molecule has 1 aliphatic heterocycles. The molecule has 1 fully saturated rings. The van der Waals surface area contributed by atoms with Crippen LogP contribution in [0.3, 0.4) is 0 Å². The third-order valence-corrected chi connectivity index (χ3v) is 5.69. The Kier molecular flexibility index (Phi) is 4.38. The zero-order valence-corrected chi connectivity index (χ0v) is 15.9. The first-order valence-electron chi connectivity index (χ1n) is 8.14. The normalized spacial score (nSPS) is 18.5. The molecule has 2 heterocycles. The molecule has 1 amide bonds. The Balaban J connectivity index is 1.56. The minimum atomic E-state index is -0.413. The molecule has 0 spiro atoms. The van der Waals surface area contributed by atoms with Crippen LogP contribution < -0.4 is 10.6 Å². The van der Waals surface area contributed by atoms with Gasteiger partial charge in [-0.05, 0) is 42.8 Å². The molecule has 2 N–H and O–H groups in total. The number of aromatic nitrogens is 2. The lowest BCUT2D eigenvalue weighted by Gasteiger charge is -2.11. The second-order valence-corrected chi connectivity index (χ2v) is 7.64. The van der Waals surface area contributed by atoms with Gasteiger partial charge in [0, 0.05) is 7.05 Å². The minimum Gasteiger partial charge on any atom is -0.364 e. The van der Waals surface area contributed by atoms with E-state index in [4.69, 9.17) is 11.6 Å². The summed E-state index contributed by atoms with van der Waals surface area (Å²) < 4.78 is 2.06. The summed E-state index contributed by atoms with van der Waals surface area (Å²) in [5.74, 6) is 0.885. The molecule has 0 aliphatic carbocycles. The number of hydrogen-bond acceptors (Lipinski definition) is 4. The van der Waals surface area contributed by atoms with Crippen molar-refractivity contribution in [1.82, 2.24) is 14.9 Å². The lowest BCUT2D eigenvalue weighted by molar-refractivity contribution is -0.118. The number of amides is 1. The quantitative estimate of drug-likeness (QED) is 0.712. The SMILES string of the molecule is Cc1nc2ccc(C=C3NC(=O)[C@H](Nc4ccccc4Cl)S3)cc2n1C. The summed E-state index contributed by atoms with van der Waals surface area (Å²) in [6.07, 6.45) is 1.97. The maximum Gasteiger partial charge on any atom is 0.258 e. The van der Waals surface area contributed by atoms with Crippen LogP contribution in [0.4, 0.5) is 5.69 Å². The highest BCUT2D eigenvalue weighted by Crippen LogP contribution is 2.32. The molecule has 0 bridgehead atoms. The van der Waals surface area contributed by atoms with Crippen LogP contribution in [-0.2, 0) is 11.8 Å². The molecule has 0 radical (unpaired) electrons. The lowest BCUT2D eigenvalue weighted by Crippen LogP contribution is -2.28. The van der Waals surface area contributed by atoms with Crippen molar-refractivity contribution in [2.24, 2.45) is 7.05 Å². The highest BCUT2D eigenvalue weighted by molar-refractivity contribution is 8.05. The van der Waals surface area contributed by atoms with Crippen molar-refractivity contribution in [2.75, 3.05) is 5.32 Å². The van der Waals surface area contributed by atoms with Gasteiger partial charge in [-0.3, -0.25) is 4.79 Å². The van der Waals surface area contributed by atoms with Crippen molar-refractivity contribution < 1.29 is 4.79 Å². The van der Waals surface area contributed by atoms with Crippen molar-refractivity contribution >= 4 is 52.1 Å². The maximum atomic E-state index is 12.3. The van der Waals surface area contributed by atoms with Crippen LogP contribution in [0.5, 0.6) is 0 Å². The van der Waals surface area contributed by atoms with Gasteiger partial charge in [-0.2, -0.15) is 0 Å². The number of fused-ring (bicyclic) bond motifs is 1. The van der Waals surface area contributed by atoms with E-state index >= 15 is 0 Å². The van der Waals surface area contributed by atoms with Gasteiger partial charge < -0.3 is 15.2 Å². The number of rotatable bonds is 3. The molecule has 132 valence electrons. The fourth-order valence-electron chi connectivity index (χ4n) is 2.85. The van der Waals surface area contributed by atoms with Gasteiger partial charge in [-0.1, -0.05) is 41.6 Å². The number of aryl methyl sites for hydroxylation is 2. The summed E-state index contributed by atoms with van der Waals surface area (Å²) in [6.45, 7) is 1.98. The summed E-state index contributed by atoms with van der Waals surface area (Å²) in [5, 5.41) is 7.08. The molecule has 2 aromatic carbocycles. The highest BCUT2D eigenvalue weighted by atomic mass is 35.5. The third kappa shape index (κ3) is 3.18. The molecule has 1 aliphatic rings. The Morgan fingerprint density at radius 2 is 2.12 bits per heavy atom. The van der Waals surface area contributed by atoms with E-state index in [1.54, 1.807) is 6.07 Å². The van der Waals surface area contributed by atoms with Gasteiger partial charge in [0.25, 0.3) is 5.91 Å². The van der Waals surface area contributed by atoms with Crippen LogP contribution in [0.15, 0.2) is 47.5 Å². The van der Waals surface area contributed by atoms with Crippen LogP contribution in [0.2, 0.25) is 5.02 Å². The number of nitrogens with zero attached hydrogens (tertiary/aromatic N) is 2. The molecular formula is C19H17ClN4OS. The molecule has 1 aromatic heterocycles. The first-order chi connectivity index (χ1) is 12.5. The Hall–Kier alpha value is -2.44. The molecule has 0 unspecified atom stereocenters. The number of para-hydroxylation sites is 1. The number of nitrogens with one attached hydrogen (secondary N) is 2. The number of thioether (sulfide) groups is 1. The smallest absolute Gasteiger partial charge is 0.258 e. The summed E-state index contributed by atoms with van der Waals surface area (Å²) >= 11 is 7.60. The van der Waals surface area contributed by atoms with Gasteiger partial charge >= 0.3 is 0 Å².